The summed E-state index contributed by atoms with van der Waals surface area (Å²) in [6.45, 7) is 0.104. The van der Waals surface area contributed by atoms with Gasteiger partial charge in [0.15, 0.2) is 0 Å². The lowest BCUT2D eigenvalue weighted by Crippen LogP contribution is -2.38. The molecule has 2 aromatic heterocycles. The van der Waals surface area contributed by atoms with E-state index in [-0.39, 0.29) is 13.0 Å². The van der Waals surface area contributed by atoms with Crippen molar-refractivity contribution in [1.29, 1.82) is 0 Å². The molecule has 3 aromatic rings. The molecule has 0 saturated carbocycles. The number of thiazole rings is 1. The van der Waals surface area contributed by atoms with E-state index in [1.54, 1.807) is 16.7 Å². The van der Waals surface area contributed by atoms with Crippen LogP contribution >= 0.6 is 57.6 Å². The Bertz CT molecular complexity index is 1320. The molecule has 0 fully saturated rings. The summed E-state index contributed by atoms with van der Waals surface area (Å²) in [6, 6.07) is 7.21. The molecular weight excluding hydrogens is 523 g/mol. The van der Waals surface area contributed by atoms with Gasteiger partial charge >= 0.3 is 5.97 Å². The number of hydrogen-bond acceptors (Lipinski definition) is 8. The topological polar surface area (TPSA) is 102 Å². The van der Waals surface area contributed by atoms with E-state index in [9.17, 15) is 22.9 Å². The minimum Gasteiger partial charge on any atom is -0.748 e. The summed E-state index contributed by atoms with van der Waals surface area (Å²) in [5.74, 6) is -1.43. The summed E-state index contributed by atoms with van der Waals surface area (Å²) in [7, 11) is -4.31. The van der Waals surface area contributed by atoms with Crippen molar-refractivity contribution >= 4 is 95.0 Å². The first-order valence-electron chi connectivity index (χ1n) is 8.84. The smallest absolute Gasteiger partial charge is 0.370 e. The van der Waals surface area contributed by atoms with E-state index >= 15 is 0 Å². The number of rotatable bonds is 7. The number of fused-ring (bicyclic) bond motifs is 2. The molecule has 1 N–H and O–H groups in total. The highest BCUT2D eigenvalue weighted by Gasteiger charge is 2.29. The first kappa shape index (κ1) is 22.8. The fraction of sp³-hybridized carbons (Fsp3) is 0.222. The predicted octanol–water partition coefficient (Wildman–Crippen LogP) is 4.49. The van der Waals surface area contributed by atoms with Gasteiger partial charge in [0.05, 0.1) is 26.9 Å². The van der Waals surface area contributed by atoms with E-state index in [4.69, 9.17) is 23.2 Å². The molecule has 3 heterocycles. The lowest BCUT2D eigenvalue weighted by molar-refractivity contribution is -0.655. The van der Waals surface area contributed by atoms with Gasteiger partial charge < -0.3 is 14.6 Å². The van der Waals surface area contributed by atoms with E-state index in [1.165, 1.54) is 34.4 Å². The quantitative estimate of drug-likeness (QED) is 0.350. The van der Waals surface area contributed by atoms with E-state index < -0.39 is 21.8 Å². The Kier molecular flexibility index (Phi) is 6.55. The van der Waals surface area contributed by atoms with Crippen molar-refractivity contribution in [3.8, 4) is 0 Å². The molecule has 164 valence electrons. The standard InChI is InChI=1S/C18H14Cl2N2O5S4/c19-10-2-3-11-12(6-10)28-15(21(11)4-1-5-31(25,26)27)8-16-22(9-17(23)24)18-13(29-16)7-14(20)30-18/h2-3,6-8H,1,4-5,9H2,(H-,23,24,25,26,27). The highest BCUT2D eigenvalue weighted by molar-refractivity contribution is 8.04. The Morgan fingerprint density at radius 3 is 2.74 bits per heavy atom. The second-order valence-electron chi connectivity index (χ2n) is 6.60. The summed E-state index contributed by atoms with van der Waals surface area (Å²) in [6.07, 6.45) is 2.04. The van der Waals surface area contributed by atoms with Gasteiger partial charge in [0, 0.05) is 22.2 Å². The molecule has 1 aromatic carbocycles. The Balaban J connectivity index is 1.74. The Morgan fingerprint density at radius 2 is 2.03 bits per heavy atom. The molecule has 0 unspecified atom stereocenters. The van der Waals surface area contributed by atoms with Crippen molar-refractivity contribution in [1.82, 2.24) is 0 Å². The van der Waals surface area contributed by atoms with Crippen molar-refractivity contribution < 1.29 is 27.4 Å². The molecule has 1 aliphatic rings. The first-order chi connectivity index (χ1) is 14.6. The average molecular weight is 537 g/mol. The number of carbonyl (C=O) groups is 1. The number of carboxylic acids is 1. The van der Waals surface area contributed by atoms with Crippen LogP contribution in [-0.4, -0.2) is 36.3 Å². The lowest BCUT2D eigenvalue weighted by Gasteiger charge is -2.20. The second-order valence-corrected chi connectivity index (χ2v) is 12.4. The highest BCUT2D eigenvalue weighted by atomic mass is 35.5. The highest BCUT2D eigenvalue weighted by Crippen LogP contribution is 2.48. The summed E-state index contributed by atoms with van der Waals surface area (Å²) < 4.78 is 36.3. The normalized spacial score (nSPS) is 15.2. The van der Waals surface area contributed by atoms with Crippen molar-refractivity contribution in [3.05, 3.63) is 43.7 Å². The zero-order valence-corrected chi connectivity index (χ0v) is 20.4. The van der Waals surface area contributed by atoms with Crippen molar-refractivity contribution in [2.75, 3.05) is 17.2 Å². The molecule has 7 nitrogen and oxygen atoms in total. The van der Waals surface area contributed by atoms with Gasteiger partial charge in [-0.1, -0.05) is 57.6 Å². The first-order valence-corrected chi connectivity index (χ1v) is 13.6. The van der Waals surface area contributed by atoms with E-state index in [0.29, 0.717) is 15.9 Å². The molecule has 13 heteroatoms. The van der Waals surface area contributed by atoms with Crippen molar-refractivity contribution in [2.45, 2.75) is 17.9 Å². The maximum Gasteiger partial charge on any atom is 0.370 e. The summed E-state index contributed by atoms with van der Waals surface area (Å²) in [5, 5.41) is 11.5. The Morgan fingerprint density at radius 1 is 1.26 bits per heavy atom. The molecule has 4 rings (SSSR count). The molecule has 0 aliphatic carbocycles. The zero-order valence-electron chi connectivity index (χ0n) is 15.6. The van der Waals surface area contributed by atoms with Crippen LogP contribution in [0.3, 0.4) is 0 Å². The van der Waals surface area contributed by atoms with Crippen LogP contribution in [0.5, 0.6) is 0 Å². The number of anilines is 1. The third-order valence-corrected chi connectivity index (χ3v) is 9.00. The second kappa shape index (κ2) is 8.89. The molecular formula is C18H14Cl2N2O5S4. The molecule has 0 bridgehead atoms. The zero-order chi connectivity index (χ0) is 22.3. The van der Waals surface area contributed by atoms with Gasteiger partial charge in [-0.25, -0.2) is 13.2 Å². The Hall–Kier alpha value is -1.34. The molecule has 1 aliphatic heterocycles. The molecule has 0 spiro atoms. The molecule has 0 radical (unpaired) electrons. The summed E-state index contributed by atoms with van der Waals surface area (Å²) in [5.41, 5.74) is 0.857. The number of aliphatic carboxylic acids is 1. The SMILES string of the molecule is O=C(O)C[n+]1c(/C=C2\Sc3cc(Cl)ccc3N2CCCS(=O)(=O)[O-])sc2cc(Cl)sc21. The molecule has 0 atom stereocenters. The van der Waals surface area contributed by atoms with Gasteiger partial charge in [-0.15, -0.1) is 0 Å². The van der Waals surface area contributed by atoms with Gasteiger partial charge in [0.25, 0.3) is 9.84 Å². The summed E-state index contributed by atoms with van der Waals surface area (Å²) in [4.78, 5) is 15.0. The van der Waals surface area contributed by atoms with Gasteiger partial charge in [-0.3, -0.25) is 0 Å². The molecule has 31 heavy (non-hydrogen) atoms. The van der Waals surface area contributed by atoms with Crippen LogP contribution in [0.15, 0.2) is 34.2 Å². The monoisotopic (exact) mass is 536 g/mol. The number of thiophene rings is 1. The largest absolute Gasteiger partial charge is 0.748 e. The fourth-order valence-corrected chi connectivity index (χ4v) is 7.74. The lowest BCUT2D eigenvalue weighted by atomic mass is 10.3. The number of thioether (sulfide) groups is 1. The minimum atomic E-state index is -4.31. The van der Waals surface area contributed by atoms with Crippen LogP contribution in [0.25, 0.3) is 15.6 Å². The van der Waals surface area contributed by atoms with Crippen LogP contribution in [-0.2, 0) is 21.5 Å². The van der Waals surface area contributed by atoms with E-state index in [1.807, 2.05) is 23.1 Å². The predicted molar refractivity (Wildman–Crippen MR) is 124 cm³/mol. The number of aromatic nitrogens is 1. The molecule has 0 saturated heterocycles. The van der Waals surface area contributed by atoms with Crippen LogP contribution in [0.2, 0.25) is 9.36 Å². The van der Waals surface area contributed by atoms with E-state index in [0.717, 1.165) is 30.1 Å². The van der Waals surface area contributed by atoms with Gasteiger partial charge in [-0.2, -0.15) is 4.57 Å². The summed E-state index contributed by atoms with van der Waals surface area (Å²) >= 11 is 16.4. The van der Waals surface area contributed by atoms with Crippen molar-refractivity contribution in [3.63, 3.8) is 0 Å². The maximum absolute atomic E-state index is 11.4. The van der Waals surface area contributed by atoms with Crippen LogP contribution in [0.1, 0.15) is 11.4 Å². The number of halogens is 2. The fourth-order valence-electron chi connectivity index (χ4n) is 3.18. The number of hydrogen-bond donors (Lipinski definition) is 1. The minimum absolute atomic E-state index is 0.163. The van der Waals surface area contributed by atoms with Crippen molar-refractivity contribution in [2.24, 2.45) is 0 Å². The number of carboxylic acid groups (broad SMARTS) is 1. The van der Waals surface area contributed by atoms with Crippen LogP contribution < -0.4 is 9.47 Å². The third-order valence-electron chi connectivity index (χ3n) is 4.38. The van der Waals surface area contributed by atoms with Gasteiger partial charge in [0.2, 0.25) is 6.54 Å². The van der Waals surface area contributed by atoms with Gasteiger partial charge in [0.1, 0.15) is 9.04 Å². The van der Waals surface area contributed by atoms with E-state index in [2.05, 4.69) is 0 Å². The number of benzene rings is 1. The maximum atomic E-state index is 11.4. The Labute approximate surface area is 200 Å². The number of nitrogens with zero attached hydrogens (tertiary/aromatic N) is 2. The molecule has 0 amide bonds. The van der Waals surface area contributed by atoms with Gasteiger partial charge in [-0.05, 0) is 30.7 Å². The average Bonchev–Trinajstić information content (AvgIpc) is 3.26. The third kappa shape index (κ3) is 5.19. The van der Waals surface area contributed by atoms with Crippen LogP contribution in [0, 0.1) is 0 Å². The van der Waals surface area contributed by atoms with Crippen LogP contribution in [0.4, 0.5) is 5.69 Å².